The first kappa shape index (κ1) is 20.7. The average Bonchev–Trinajstić information content (AvgIpc) is 3.29. The molecule has 4 rings (SSSR count). The number of esters is 1. The van der Waals surface area contributed by atoms with Crippen LogP contribution < -0.4 is 5.32 Å². The van der Waals surface area contributed by atoms with Crippen LogP contribution in [0.4, 0.5) is 11.4 Å². The van der Waals surface area contributed by atoms with Gasteiger partial charge in [-0.1, -0.05) is 42.5 Å². The van der Waals surface area contributed by atoms with Crippen molar-refractivity contribution < 1.29 is 9.53 Å². The van der Waals surface area contributed by atoms with E-state index < -0.39 is 5.41 Å². The number of H-pyrrole nitrogens is 1. The number of carbonyl (C=O) groups excluding carboxylic acids is 1. The summed E-state index contributed by atoms with van der Waals surface area (Å²) in [6.07, 6.45) is 3.48. The molecule has 1 atom stereocenters. The van der Waals surface area contributed by atoms with E-state index >= 15 is 0 Å². The average molecular weight is 414 g/mol. The standard InChI is InChI=1S/C26H27N3O2/c1-4-31-25(30)26(2,3)23(24-27-15-16-28-24)19-10-12-21(13-11-19)29-22-14-9-18-7-5-6-8-20(18)17-22/h5-17,23,29H,4H2,1-3H3,(H,27,28). The van der Waals surface area contributed by atoms with E-state index in [2.05, 4.69) is 45.6 Å². The zero-order chi connectivity index (χ0) is 21.8. The summed E-state index contributed by atoms with van der Waals surface area (Å²) in [5.41, 5.74) is 2.23. The topological polar surface area (TPSA) is 67.0 Å². The second-order valence-electron chi connectivity index (χ2n) is 8.16. The van der Waals surface area contributed by atoms with E-state index in [1.807, 2.05) is 57.2 Å². The van der Waals surface area contributed by atoms with Gasteiger partial charge in [0.1, 0.15) is 5.82 Å². The molecular formula is C26H27N3O2. The van der Waals surface area contributed by atoms with Crippen LogP contribution in [0.15, 0.2) is 79.1 Å². The third-order valence-electron chi connectivity index (χ3n) is 5.60. The minimum absolute atomic E-state index is 0.241. The SMILES string of the molecule is CCOC(=O)C(C)(C)C(c1ccc(Nc2ccc3ccccc3c2)cc1)c1ncc[nH]1. The molecule has 0 fully saturated rings. The second kappa shape index (κ2) is 8.64. The number of ether oxygens (including phenoxy) is 1. The number of nitrogens with zero attached hydrogens (tertiary/aromatic N) is 1. The highest BCUT2D eigenvalue weighted by Gasteiger charge is 2.41. The zero-order valence-electron chi connectivity index (χ0n) is 18.1. The van der Waals surface area contributed by atoms with Crippen molar-refractivity contribution in [3.63, 3.8) is 0 Å². The Kier molecular flexibility index (Phi) is 5.76. The van der Waals surface area contributed by atoms with Gasteiger partial charge in [0, 0.05) is 23.8 Å². The molecule has 2 N–H and O–H groups in total. The van der Waals surface area contributed by atoms with E-state index in [1.165, 1.54) is 10.8 Å². The molecule has 1 unspecified atom stereocenters. The number of anilines is 2. The first-order valence-corrected chi connectivity index (χ1v) is 10.5. The summed E-state index contributed by atoms with van der Waals surface area (Å²) in [4.78, 5) is 20.3. The fourth-order valence-corrected chi connectivity index (χ4v) is 3.98. The predicted molar refractivity (Wildman–Crippen MR) is 125 cm³/mol. The van der Waals surface area contributed by atoms with Gasteiger partial charge in [-0.3, -0.25) is 4.79 Å². The van der Waals surface area contributed by atoms with Crippen molar-refractivity contribution in [1.29, 1.82) is 0 Å². The summed E-state index contributed by atoms with van der Waals surface area (Å²) in [5.74, 6) is 0.249. The normalized spacial score (nSPS) is 12.5. The lowest BCUT2D eigenvalue weighted by molar-refractivity contribution is -0.154. The van der Waals surface area contributed by atoms with Gasteiger partial charge in [0.05, 0.1) is 17.9 Å². The van der Waals surface area contributed by atoms with Gasteiger partial charge in [-0.05, 0) is 61.4 Å². The van der Waals surface area contributed by atoms with Crippen LogP contribution in [0.1, 0.15) is 38.1 Å². The molecule has 158 valence electrons. The maximum atomic E-state index is 12.7. The van der Waals surface area contributed by atoms with Gasteiger partial charge >= 0.3 is 5.97 Å². The molecule has 0 bridgehead atoms. The fraction of sp³-hybridized carbons (Fsp3) is 0.231. The molecule has 0 amide bonds. The predicted octanol–water partition coefficient (Wildman–Crippen LogP) is 6.03. The number of imidazole rings is 1. The number of hydrogen-bond donors (Lipinski definition) is 2. The molecule has 31 heavy (non-hydrogen) atoms. The van der Waals surface area contributed by atoms with Crippen LogP contribution in [0, 0.1) is 5.41 Å². The van der Waals surface area contributed by atoms with Gasteiger partial charge in [0.2, 0.25) is 0 Å². The largest absolute Gasteiger partial charge is 0.466 e. The molecule has 0 aliphatic rings. The van der Waals surface area contributed by atoms with Crippen molar-refractivity contribution >= 4 is 28.1 Å². The molecule has 4 aromatic rings. The smallest absolute Gasteiger partial charge is 0.312 e. The summed E-state index contributed by atoms with van der Waals surface area (Å²) < 4.78 is 5.35. The molecule has 0 aliphatic carbocycles. The lowest BCUT2D eigenvalue weighted by Gasteiger charge is -2.31. The van der Waals surface area contributed by atoms with Crippen LogP contribution in [0.2, 0.25) is 0 Å². The molecule has 0 saturated carbocycles. The Balaban J connectivity index is 1.61. The Bertz CT molecular complexity index is 1160. The Hall–Kier alpha value is -3.60. The number of hydrogen-bond acceptors (Lipinski definition) is 4. The quantitative estimate of drug-likeness (QED) is 0.363. The first-order chi connectivity index (χ1) is 15.0. The summed E-state index contributed by atoms with van der Waals surface area (Å²) >= 11 is 0. The van der Waals surface area contributed by atoms with Crippen LogP contribution in [0.25, 0.3) is 10.8 Å². The number of fused-ring (bicyclic) bond motifs is 1. The van der Waals surface area contributed by atoms with Crippen LogP contribution in [-0.2, 0) is 9.53 Å². The minimum atomic E-state index is -0.777. The van der Waals surface area contributed by atoms with Gasteiger partial charge in [0.25, 0.3) is 0 Å². The van der Waals surface area contributed by atoms with Crippen LogP contribution >= 0.6 is 0 Å². The molecule has 0 radical (unpaired) electrons. The van der Waals surface area contributed by atoms with Crippen LogP contribution in [0.3, 0.4) is 0 Å². The molecular weight excluding hydrogens is 386 g/mol. The lowest BCUT2D eigenvalue weighted by Crippen LogP contribution is -2.34. The first-order valence-electron chi connectivity index (χ1n) is 10.5. The number of aromatic amines is 1. The van der Waals surface area contributed by atoms with Gasteiger partial charge in [-0.15, -0.1) is 0 Å². The zero-order valence-corrected chi connectivity index (χ0v) is 18.1. The Morgan fingerprint density at radius 1 is 1.03 bits per heavy atom. The molecule has 0 aliphatic heterocycles. The van der Waals surface area contributed by atoms with E-state index in [9.17, 15) is 4.79 Å². The molecule has 3 aromatic carbocycles. The summed E-state index contributed by atoms with van der Waals surface area (Å²) in [6.45, 7) is 5.98. The van der Waals surface area contributed by atoms with Crippen molar-refractivity contribution in [2.24, 2.45) is 5.41 Å². The summed E-state index contributed by atoms with van der Waals surface area (Å²) in [7, 11) is 0. The number of aromatic nitrogens is 2. The summed E-state index contributed by atoms with van der Waals surface area (Å²) in [6, 6.07) is 22.8. The minimum Gasteiger partial charge on any atom is -0.466 e. The number of benzene rings is 3. The molecule has 5 nitrogen and oxygen atoms in total. The van der Waals surface area contributed by atoms with E-state index in [1.54, 1.807) is 12.4 Å². The molecule has 1 heterocycles. The molecule has 0 saturated heterocycles. The third-order valence-corrected chi connectivity index (χ3v) is 5.60. The molecule has 1 aromatic heterocycles. The highest BCUT2D eigenvalue weighted by atomic mass is 16.5. The number of rotatable bonds is 7. The maximum absolute atomic E-state index is 12.7. The monoisotopic (exact) mass is 413 g/mol. The molecule has 0 spiro atoms. The highest BCUT2D eigenvalue weighted by Crippen LogP contribution is 2.41. The Labute approximate surface area is 182 Å². The Morgan fingerprint density at radius 3 is 2.42 bits per heavy atom. The highest BCUT2D eigenvalue weighted by molar-refractivity contribution is 5.86. The van der Waals surface area contributed by atoms with Crippen LogP contribution in [0.5, 0.6) is 0 Å². The second-order valence-corrected chi connectivity index (χ2v) is 8.16. The lowest BCUT2D eigenvalue weighted by atomic mass is 9.74. The third kappa shape index (κ3) is 4.31. The Morgan fingerprint density at radius 2 is 1.74 bits per heavy atom. The number of carbonyl (C=O) groups is 1. The van der Waals surface area contributed by atoms with Crippen LogP contribution in [-0.4, -0.2) is 22.5 Å². The van der Waals surface area contributed by atoms with Crippen molar-refractivity contribution in [3.8, 4) is 0 Å². The van der Waals surface area contributed by atoms with Gasteiger partial charge in [-0.2, -0.15) is 0 Å². The maximum Gasteiger partial charge on any atom is 0.312 e. The van der Waals surface area contributed by atoms with Gasteiger partial charge in [0.15, 0.2) is 0 Å². The van der Waals surface area contributed by atoms with Gasteiger partial charge < -0.3 is 15.0 Å². The van der Waals surface area contributed by atoms with E-state index in [4.69, 9.17) is 4.74 Å². The number of nitrogens with one attached hydrogen (secondary N) is 2. The van der Waals surface area contributed by atoms with Crippen molar-refractivity contribution in [3.05, 3.63) is 90.5 Å². The van der Waals surface area contributed by atoms with E-state index in [0.717, 1.165) is 22.8 Å². The van der Waals surface area contributed by atoms with Crippen molar-refractivity contribution in [2.45, 2.75) is 26.7 Å². The van der Waals surface area contributed by atoms with Gasteiger partial charge in [-0.25, -0.2) is 4.98 Å². The molecule has 5 heteroatoms. The van der Waals surface area contributed by atoms with E-state index in [0.29, 0.717) is 6.61 Å². The fourth-order valence-electron chi connectivity index (χ4n) is 3.98. The van der Waals surface area contributed by atoms with Crippen molar-refractivity contribution in [1.82, 2.24) is 9.97 Å². The van der Waals surface area contributed by atoms with E-state index in [-0.39, 0.29) is 11.9 Å². The summed E-state index contributed by atoms with van der Waals surface area (Å²) in [5, 5.41) is 5.87. The van der Waals surface area contributed by atoms with Crippen molar-refractivity contribution in [2.75, 3.05) is 11.9 Å².